The number of carbonyl (C=O) groups is 2. The number of aromatic nitrogens is 1. The molecule has 0 radical (unpaired) electrons. The van der Waals surface area contributed by atoms with Gasteiger partial charge in [-0.15, -0.1) is 0 Å². The highest BCUT2D eigenvalue weighted by molar-refractivity contribution is 6.30. The second-order valence-electron chi connectivity index (χ2n) is 9.02. The third kappa shape index (κ3) is 4.98. The van der Waals surface area contributed by atoms with Gasteiger partial charge in [-0.3, -0.25) is 9.59 Å². The Morgan fingerprint density at radius 2 is 1.43 bits per heavy atom. The van der Waals surface area contributed by atoms with Crippen molar-refractivity contribution < 1.29 is 14.3 Å². The SMILES string of the molecule is COc1ccc(-c2cc(C(=O)N3CCN(C(=O)c4cccc(Cl)c4)CC3)c(C)n2-c2ccccc2)cc1. The number of hydrogen-bond acceptors (Lipinski definition) is 3. The number of nitrogens with zero attached hydrogens (tertiary/aromatic N) is 3. The fourth-order valence-electron chi connectivity index (χ4n) is 4.79. The molecule has 6 nitrogen and oxygen atoms in total. The van der Waals surface area contributed by atoms with E-state index in [1.807, 2.05) is 72.5 Å². The molecular formula is C30H28ClN3O3. The van der Waals surface area contributed by atoms with Crippen molar-refractivity contribution in [1.29, 1.82) is 0 Å². The van der Waals surface area contributed by atoms with Crippen LogP contribution in [0.1, 0.15) is 26.4 Å². The maximum Gasteiger partial charge on any atom is 0.255 e. The van der Waals surface area contributed by atoms with E-state index < -0.39 is 0 Å². The van der Waals surface area contributed by atoms with Gasteiger partial charge >= 0.3 is 0 Å². The predicted molar refractivity (Wildman–Crippen MR) is 146 cm³/mol. The summed E-state index contributed by atoms with van der Waals surface area (Å²) >= 11 is 6.06. The molecule has 1 aliphatic rings. The minimum atomic E-state index is -0.0668. The molecule has 188 valence electrons. The fourth-order valence-corrected chi connectivity index (χ4v) is 4.98. The van der Waals surface area contributed by atoms with Crippen molar-refractivity contribution >= 4 is 23.4 Å². The molecule has 3 aromatic carbocycles. The van der Waals surface area contributed by atoms with E-state index in [2.05, 4.69) is 4.57 Å². The zero-order chi connectivity index (χ0) is 25.9. The van der Waals surface area contributed by atoms with Crippen molar-refractivity contribution in [2.24, 2.45) is 0 Å². The van der Waals surface area contributed by atoms with Crippen LogP contribution in [0.25, 0.3) is 16.9 Å². The van der Waals surface area contributed by atoms with Crippen LogP contribution in [0.3, 0.4) is 0 Å². The zero-order valence-electron chi connectivity index (χ0n) is 20.9. The molecule has 2 amide bonds. The normalized spacial score (nSPS) is 13.5. The van der Waals surface area contributed by atoms with Crippen LogP contribution in [0.2, 0.25) is 5.02 Å². The van der Waals surface area contributed by atoms with Crippen molar-refractivity contribution in [3.8, 4) is 22.7 Å². The van der Waals surface area contributed by atoms with E-state index in [0.717, 1.165) is 28.4 Å². The molecule has 2 heterocycles. The van der Waals surface area contributed by atoms with Gasteiger partial charge in [0, 0.05) is 48.1 Å². The van der Waals surface area contributed by atoms with Crippen LogP contribution >= 0.6 is 11.6 Å². The summed E-state index contributed by atoms with van der Waals surface area (Å²) in [5.74, 6) is 0.680. The van der Waals surface area contributed by atoms with Gasteiger partial charge < -0.3 is 19.1 Å². The Hall–Kier alpha value is -4.03. The Morgan fingerprint density at radius 1 is 0.784 bits per heavy atom. The lowest BCUT2D eigenvalue weighted by atomic mass is 10.1. The number of carbonyl (C=O) groups excluding carboxylic acids is 2. The minimum Gasteiger partial charge on any atom is -0.497 e. The minimum absolute atomic E-state index is 0.0307. The van der Waals surface area contributed by atoms with Crippen LogP contribution in [-0.2, 0) is 0 Å². The first-order chi connectivity index (χ1) is 18.0. The molecule has 1 aromatic heterocycles. The molecular weight excluding hydrogens is 486 g/mol. The van der Waals surface area contributed by atoms with E-state index in [9.17, 15) is 9.59 Å². The maximum atomic E-state index is 13.7. The summed E-state index contributed by atoms with van der Waals surface area (Å²) < 4.78 is 7.44. The number of halogens is 1. The summed E-state index contributed by atoms with van der Waals surface area (Å²) in [4.78, 5) is 30.2. The first-order valence-electron chi connectivity index (χ1n) is 12.2. The zero-order valence-corrected chi connectivity index (χ0v) is 21.6. The number of methoxy groups -OCH3 is 1. The smallest absolute Gasteiger partial charge is 0.255 e. The van der Waals surface area contributed by atoms with Gasteiger partial charge in [-0.05, 0) is 73.2 Å². The van der Waals surface area contributed by atoms with E-state index in [0.29, 0.717) is 42.3 Å². The quantitative estimate of drug-likeness (QED) is 0.343. The van der Waals surface area contributed by atoms with Crippen molar-refractivity contribution in [2.45, 2.75) is 6.92 Å². The van der Waals surface area contributed by atoms with Gasteiger partial charge in [0.15, 0.2) is 0 Å². The van der Waals surface area contributed by atoms with Crippen LogP contribution < -0.4 is 4.74 Å². The number of para-hydroxylation sites is 1. The van der Waals surface area contributed by atoms with Crippen molar-refractivity contribution in [3.63, 3.8) is 0 Å². The molecule has 0 atom stereocenters. The molecule has 0 aliphatic carbocycles. The van der Waals surface area contributed by atoms with E-state index in [-0.39, 0.29) is 11.8 Å². The Morgan fingerprint density at radius 3 is 2.05 bits per heavy atom. The average molecular weight is 514 g/mol. The molecule has 0 saturated carbocycles. The molecule has 0 unspecified atom stereocenters. The molecule has 0 bridgehead atoms. The Labute approximate surface area is 221 Å². The summed E-state index contributed by atoms with van der Waals surface area (Å²) in [6.07, 6.45) is 0. The number of amides is 2. The van der Waals surface area contributed by atoms with E-state index >= 15 is 0 Å². The van der Waals surface area contributed by atoms with Crippen molar-refractivity contribution in [1.82, 2.24) is 14.4 Å². The molecule has 1 saturated heterocycles. The van der Waals surface area contributed by atoms with Gasteiger partial charge in [-0.2, -0.15) is 0 Å². The summed E-state index contributed by atoms with van der Waals surface area (Å²) in [6.45, 7) is 3.87. The third-order valence-electron chi connectivity index (χ3n) is 6.80. The van der Waals surface area contributed by atoms with Gasteiger partial charge in [0.1, 0.15) is 5.75 Å². The van der Waals surface area contributed by atoms with Crippen molar-refractivity contribution in [2.75, 3.05) is 33.3 Å². The lowest BCUT2D eigenvalue weighted by Gasteiger charge is -2.35. The average Bonchev–Trinajstić information content (AvgIpc) is 3.29. The first kappa shape index (κ1) is 24.7. The predicted octanol–water partition coefficient (Wildman–Crippen LogP) is 5.71. The molecule has 4 aromatic rings. The lowest BCUT2D eigenvalue weighted by Crippen LogP contribution is -2.50. The van der Waals surface area contributed by atoms with Gasteiger partial charge in [0.25, 0.3) is 11.8 Å². The molecule has 5 rings (SSSR count). The Kier molecular flexibility index (Phi) is 7.01. The van der Waals surface area contributed by atoms with E-state index in [1.54, 1.807) is 36.3 Å². The van der Waals surface area contributed by atoms with Crippen LogP contribution in [0.4, 0.5) is 0 Å². The number of ether oxygens (including phenoxy) is 1. The summed E-state index contributed by atoms with van der Waals surface area (Å²) in [7, 11) is 1.64. The third-order valence-corrected chi connectivity index (χ3v) is 7.04. The maximum absolute atomic E-state index is 13.7. The standard InChI is InChI=1S/C30H28ClN3O3/c1-21-27(30(36)33-17-15-32(16-18-33)29(35)23-7-6-8-24(31)19-23)20-28(22-11-13-26(37-2)14-12-22)34(21)25-9-4-3-5-10-25/h3-14,19-20H,15-18H2,1-2H3. The first-order valence-corrected chi connectivity index (χ1v) is 12.6. The summed E-state index contributed by atoms with van der Waals surface area (Å²) in [6, 6.07) is 26.8. The molecule has 1 aliphatic heterocycles. The Balaban J connectivity index is 1.40. The lowest BCUT2D eigenvalue weighted by molar-refractivity contribution is 0.0535. The molecule has 7 heteroatoms. The second kappa shape index (κ2) is 10.5. The van der Waals surface area contributed by atoms with Gasteiger partial charge in [-0.25, -0.2) is 0 Å². The van der Waals surface area contributed by atoms with Crippen molar-refractivity contribution in [3.05, 3.63) is 107 Å². The number of piperazine rings is 1. The number of benzene rings is 3. The largest absolute Gasteiger partial charge is 0.497 e. The van der Waals surface area contributed by atoms with E-state index in [4.69, 9.17) is 16.3 Å². The highest BCUT2D eigenvalue weighted by Gasteiger charge is 2.28. The monoisotopic (exact) mass is 513 g/mol. The highest BCUT2D eigenvalue weighted by atomic mass is 35.5. The number of hydrogen-bond donors (Lipinski definition) is 0. The summed E-state index contributed by atoms with van der Waals surface area (Å²) in [5.41, 5.74) is 5.01. The van der Waals surface area contributed by atoms with Gasteiger partial charge in [-0.1, -0.05) is 35.9 Å². The van der Waals surface area contributed by atoms with Gasteiger partial charge in [0.2, 0.25) is 0 Å². The summed E-state index contributed by atoms with van der Waals surface area (Å²) in [5, 5.41) is 0.533. The van der Waals surface area contributed by atoms with Crippen LogP contribution in [0.5, 0.6) is 5.75 Å². The molecule has 37 heavy (non-hydrogen) atoms. The van der Waals surface area contributed by atoms with Crippen LogP contribution in [-0.4, -0.2) is 59.5 Å². The number of rotatable bonds is 5. The second-order valence-corrected chi connectivity index (χ2v) is 9.46. The van der Waals surface area contributed by atoms with Crippen LogP contribution in [0, 0.1) is 6.92 Å². The van der Waals surface area contributed by atoms with Crippen LogP contribution in [0.15, 0.2) is 84.9 Å². The topological polar surface area (TPSA) is 54.8 Å². The molecule has 0 spiro atoms. The van der Waals surface area contributed by atoms with Gasteiger partial charge in [0.05, 0.1) is 18.4 Å². The van der Waals surface area contributed by atoms with E-state index in [1.165, 1.54) is 0 Å². The molecule has 1 fully saturated rings. The Bertz CT molecular complexity index is 1420. The highest BCUT2D eigenvalue weighted by Crippen LogP contribution is 2.31. The fraction of sp³-hybridized carbons (Fsp3) is 0.200. The molecule has 0 N–H and O–H groups in total.